The van der Waals surface area contributed by atoms with Crippen molar-refractivity contribution in [3.63, 3.8) is 0 Å². The van der Waals surface area contributed by atoms with Crippen LogP contribution in [0.3, 0.4) is 0 Å². The number of hydrogen-bond donors (Lipinski definition) is 0. The zero-order valence-corrected chi connectivity index (χ0v) is 19.5. The molecule has 0 saturated heterocycles. The predicted octanol–water partition coefficient (Wildman–Crippen LogP) is 3.03. The first-order valence-electron chi connectivity index (χ1n) is 6.00. The molecule has 0 amide bonds. The van der Waals surface area contributed by atoms with Crippen LogP contribution in [0.25, 0.3) is 0 Å². The summed E-state index contributed by atoms with van der Waals surface area (Å²) >= 11 is 0. The van der Waals surface area contributed by atoms with Crippen LogP contribution < -0.4 is 0 Å². The van der Waals surface area contributed by atoms with Crippen molar-refractivity contribution in [3.8, 4) is 0 Å². The van der Waals surface area contributed by atoms with Crippen LogP contribution in [0.4, 0.5) is 0 Å². The van der Waals surface area contributed by atoms with Gasteiger partial charge in [-0.1, -0.05) is 39.3 Å². The van der Waals surface area contributed by atoms with Crippen molar-refractivity contribution in [1.29, 1.82) is 0 Å². The molecule has 0 aliphatic heterocycles. The summed E-state index contributed by atoms with van der Waals surface area (Å²) in [7, 11) is -0.207. The van der Waals surface area contributed by atoms with Gasteiger partial charge in [0.05, 0.1) is 0 Å². The molecule has 0 bridgehead atoms. The molecular weight excluding hydrogens is 348 g/mol. The van der Waals surface area contributed by atoms with Crippen molar-refractivity contribution < 1.29 is 26.2 Å². The second-order valence-electron chi connectivity index (χ2n) is 4.93. The Balaban J connectivity index is -0.000000238. The van der Waals surface area contributed by atoms with E-state index in [1.165, 1.54) is 0 Å². The maximum Gasteiger partial charge on any atom is 2.00 e. The van der Waals surface area contributed by atoms with Gasteiger partial charge in [0, 0.05) is 32.3 Å². The minimum absolute atomic E-state index is 0. The van der Waals surface area contributed by atoms with Crippen LogP contribution >= 0.6 is 0 Å². The minimum atomic E-state index is -0.176. The first-order valence-corrected chi connectivity index (χ1v) is 19.9. The molecular formula is C12H29Si4Zr. The van der Waals surface area contributed by atoms with E-state index in [9.17, 15) is 0 Å². The summed E-state index contributed by atoms with van der Waals surface area (Å²) in [4.78, 5) is 0. The number of rotatable bonds is 3. The molecule has 0 nitrogen and oxygen atoms in total. The van der Waals surface area contributed by atoms with Crippen molar-refractivity contribution >= 4 is 32.3 Å². The fourth-order valence-electron chi connectivity index (χ4n) is 2.32. The van der Waals surface area contributed by atoms with E-state index in [-0.39, 0.29) is 58.6 Å². The van der Waals surface area contributed by atoms with Crippen molar-refractivity contribution in [2.24, 2.45) is 0 Å². The van der Waals surface area contributed by atoms with Gasteiger partial charge in [-0.25, -0.2) is 12.1 Å². The SMILES string of the molecule is C[SiH](C)[Si]([SiH](C)C)[SiH](C)C.[CH3-].[Zr+2].c1cc[cH-]c1. The molecule has 0 unspecified atom stereocenters. The maximum atomic E-state index is 2.58. The van der Waals surface area contributed by atoms with Gasteiger partial charge in [-0.2, -0.15) is 18.2 Å². The molecule has 0 aliphatic rings. The molecule has 0 aromatic heterocycles. The van der Waals surface area contributed by atoms with E-state index in [0.29, 0.717) is 7.35 Å². The summed E-state index contributed by atoms with van der Waals surface area (Å²) in [6, 6.07) is 10.0. The van der Waals surface area contributed by atoms with Crippen LogP contribution in [0.5, 0.6) is 0 Å². The topological polar surface area (TPSA) is 0 Å². The van der Waals surface area contributed by atoms with Crippen LogP contribution in [-0.4, -0.2) is 32.3 Å². The van der Waals surface area contributed by atoms with Crippen molar-refractivity contribution in [2.45, 2.75) is 39.3 Å². The first kappa shape index (κ1) is 23.2. The second kappa shape index (κ2) is 13.5. The fourth-order valence-corrected chi connectivity index (χ4v) is 54.3. The van der Waals surface area contributed by atoms with Crippen molar-refractivity contribution in [1.82, 2.24) is 0 Å². The molecule has 1 aromatic rings. The molecule has 1 radical (unpaired) electrons. The van der Waals surface area contributed by atoms with E-state index in [2.05, 4.69) is 39.3 Å². The molecule has 1 aromatic carbocycles. The van der Waals surface area contributed by atoms with Gasteiger partial charge in [0.25, 0.3) is 0 Å². The smallest absolute Gasteiger partial charge is 0.358 e. The average Bonchev–Trinajstić information content (AvgIpc) is 2.56. The Labute approximate surface area is 135 Å². The van der Waals surface area contributed by atoms with Gasteiger partial charge in [-0.3, -0.25) is 0 Å². The Morgan fingerprint density at radius 2 is 1.06 bits per heavy atom. The van der Waals surface area contributed by atoms with Gasteiger partial charge in [0.2, 0.25) is 0 Å². The summed E-state index contributed by atoms with van der Waals surface area (Å²) in [6.45, 7) is 15.5. The summed E-state index contributed by atoms with van der Waals surface area (Å²) in [6.07, 6.45) is 0. The van der Waals surface area contributed by atoms with Gasteiger partial charge >= 0.3 is 26.2 Å². The first-order chi connectivity index (χ1) is 6.96. The van der Waals surface area contributed by atoms with E-state index < -0.39 is 0 Å². The Morgan fingerprint density at radius 3 is 1.12 bits per heavy atom. The van der Waals surface area contributed by atoms with Crippen molar-refractivity contribution in [3.05, 3.63) is 37.8 Å². The van der Waals surface area contributed by atoms with Crippen molar-refractivity contribution in [2.75, 3.05) is 0 Å². The van der Waals surface area contributed by atoms with E-state index >= 15 is 0 Å². The maximum absolute atomic E-state index is 2.58. The average molecular weight is 377 g/mol. The quantitative estimate of drug-likeness (QED) is 0.562. The fraction of sp³-hybridized carbons (Fsp3) is 0.500. The van der Waals surface area contributed by atoms with Crippen LogP contribution in [0, 0.1) is 7.43 Å². The number of hydrogen-bond acceptors (Lipinski definition) is 0. The van der Waals surface area contributed by atoms with Gasteiger partial charge in [0.15, 0.2) is 0 Å². The largest absolute Gasteiger partial charge is 2.00 e. The predicted molar refractivity (Wildman–Crippen MR) is 90.8 cm³/mol. The third-order valence-electron chi connectivity index (χ3n) is 2.56. The molecule has 0 aliphatic carbocycles. The Kier molecular flexibility index (Phi) is 18.5. The van der Waals surface area contributed by atoms with Crippen LogP contribution in [0.15, 0.2) is 30.3 Å². The van der Waals surface area contributed by atoms with Crippen LogP contribution in [0.2, 0.25) is 39.3 Å². The zero-order chi connectivity index (χ0) is 11.8. The molecule has 97 valence electrons. The van der Waals surface area contributed by atoms with Crippen LogP contribution in [0.1, 0.15) is 0 Å². The molecule has 0 heterocycles. The third-order valence-corrected chi connectivity index (χ3v) is 54.6. The third kappa shape index (κ3) is 11.9. The zero-order valence-electron chi connectivity index (χ0n) is 12.6. The van der Waals surface area contributed by atoms with Gasteiger partial charge in [0.1, 0.15) is 0 Å². The molecule has 1 rings (SSSR count). The molecule has 0 atom stereocenters. The Bertz CT molecular complexity index is 186. The summed E-state index contributed by atoms with van der Waals surface area (Å²) in [5.41, 5.74) is 0. The summed E-state index contributed by atoms with van der Waals surface area (Å²) in [5.74, 6) is 0. The standard InChI is InChI=1S/C6H21Si4.C5H5.CH3.Zr/c1-7(2)10(8(3)4)9(5)6;1-2-4-5-3-1;;/h7-9H,1-6H3;1-5H;1H3;/q;2*-1;+2. The molecule has 0 N–H and O–H groups in total. The minimum Gasteiger partial charge on any atom is -0.358 e. The Hall–Kier alpha value is 1.10. The summed E-state index contributed by atoms with van der Waals surface area (Å²) in [5, 5.41) is 0. The molecule has 5 heteroatoms. The van der Waals surface area contributed by atoms with E-state index in [4.69, 9.17) is 0 Å². The van der Waals surface area contributed by atoms with Gasteiger partial charge < -0.3 is 7.43 Å². The second-order valence-corrected chi connectivity index (χ2v) is 35.2. The normalized spacial score (nSPS) is 9.76. The van der Waals surface area contributed by atoms with Crippen LogP contribution in [-0.2, 0) is 26.2 Å². The summed E-state index contributed by atoms with van der Waals surface area (Å²) < 4.78 is 0. The van der Waals surface area contributed by atoms with Gasteiger partial charge in [-0.15, -0.1) is 0 Å². The van der Waals surface area contributed by atoms with E-state index in [1.807, 2.05) is 30.3 Å². The molecule has 0 spiro atoms. The molecule has 0 fully saturated rings. The van der Waals surface area contributed by atoms with E-state index in [1.54, 1.807) is 0 Å². The van der Waals surface area contributed by atoms with E-state index in [0.717, 1.165) is 0 Å². The van der Waals surface area contributed by atoms with Gasteiger partial charge in [-0.05, 0) is 0 Å². The Morgan fingerprint density at radius 1 is 0.765 bits per heavy atom. The monoisotopic (exact) mass is 375 g/mol. The molecule has 0 saturated carbocycles. The molecule has 17 heavy (non-hydrogen) atoms.